The molecule has 0 unspecified atom stereocenters. The molecule has 16 aromatic carbocycles. The van der Waals surface area contributed by atoms with Gasteiger partial charge in [-0.2, -0.15) is 0 Å². The van der Waals surface area contributed by atoms with Crippen molar-refractivity contribution in [1.82, 2.24) is 0 Å². The molecule has 0 nitrogen and oxygen atoms in total. The van der Waals surface area contributed by atoms with Crippen molar-refractivity contribution >= 4 is 38.6 Å². The Balaban J connectivity index is 0.886. The van der Waals surface area contributed by atoms with Crippen molar-refractivity contribution in [2.45, 2.75) is 106 Å². The highest BCUT2D eigenvalue weighted by Crippen LogP contribution is 2.64. The highest BCUT2D eigenvalue weighted by molar-refractivity contribution is 6.05. The Labute approximate surface area is 732 Å². The van der Waals surface area contributed by atoms with Gasteiger partial charge in [0.15, 0.2) is 0 Å². The molecule has 8 bridgehead atoms. The van der Waals surface area contributed by atoms with Crippen LogP contribution in [0.4, 0.5) is 0 Å². The van der Waals surface area contributed by atoms with E-state index in [1.807, 2.05) is 0 Å². The Hall–Kier alpha value is -14.6. The van der Waals surface area contributed by atoms with Crippen LogP contribution in [0.2, 0.25) is 0 Å². The SMILES string of the molecule is CC1=C[C+](C(C)(C)C)C=C(C)C1=c1c2ccc(C#CC34c5ccccc5C(c5ccccc53)c3ccccc34)cc2c(=C=c2c(C#CC34c5ccccc5C(c5ccccc53)c3ccccc34)cc(C(C)(C)C)cc2=C=[C-]C23c4ccccc4C(c4ccccc42)c2ccccc23)c2cc(C#CC34c5ccccc5C(c5ccccc53)c3ccccc34)ccc12. The van der Waals surface area contributed by atoms with Crippen LogP contribution in [-0.4, -0.2) is 0 Å². The second-order valence-electron chi connectivity index (χ2n) is 38.1. The summed E-state index contributed by atoms with van der Waals surface area (Å²) in [7, 11) is 0. The van der Waals surface area contributed by atoms with E-state index in [-0.39, 0.29) is 34.5 Å². The van der Waals surface area contributed by atoms with E-state index in [0.29, 0.717) is 0 Å². The molecule has 13 aliphatic rings. The summed E-state index contributed by atoms with van der Waals surface area (Å²) < 4.78 is 0. The Kier molecular flexibility index (Phi) is 15.5. The normalized spacial score (nSPS) is 21.1. The highest BCUT2D eigenvalue weighted by atomic mass is 14.6. The molecule has 0 saturated heterocycles. The largest absolute Gasteiger partial charge is 0.321 e. The predicted octanol–water partition coefficient (Wildman–Crippen LogP) is 23.9. The number of allylic oxidation sites excluding steroid dienone is 5. The highest BCUT2D eigenvalue weighted by Gasteiger charge is 2.55. The first-order valence-corrected chi connectivity index (χ1v) is 44.4. The van der Waals surface area contributed by atoms with E-state index in [1.54, 1.807) is 0 Å². The molecule has 13 aliphatic carbocycles. The van der Waals surface area contributed by atoms with Crippen LogP contribution in [0, 0.1) is 52.9 Å². The average molecular weight is 1590 g/mol. The van der Waals surface area contributed by atoms with Gasteiger partial charge in [-0.3, -0.25) is 0 Å². The summed E-state index contributed by atoms with van der Waals surface area (Å²) >= 11 is 0. The van der Waals surface area contributed by atoms with Crippen LogP contribution < -0.4 is 20.9 Å². The van der Waals surface area contributed by atoms with Gasteiger partial charge in [-0.1, -0.05) is 365 Å². The minimum absolute atomic E-state index is 0.0671. The number of fused-ring (bicyclic) bond motifs is 2. The Morgan fingerprint density at radius 2 is 0.576 bits per heavy atom. The molecule has 0 atom stereocenters. The van der Waals surface area contributed by atoms with E-state index in [0.717, 1.165) is 64.7 Å². The number of rotatable bonds is 1. The molecule has 0 heteroatoms. The quantitative estimate of drug-likeness (QED) is 0.0873. The molecule has 0 heterocycles. The average Bonchev–Trinajstić information content (AvgIpc) is 0.692. The van der Waals surface area contributed by atoms with E-state index in [9.17, 15) is 0 Å². The molecule has 0 amide bonds. The minimum Gasteiger partial charge on any atom is -0.321 e. The molecule has 0 N–H and O–H groups in total. The summed E-state index contributed by atoms with van der Waals surface area (Å²) in [6.07, 6.45) is 9.23. The maximum atomic E-state index is 4.61. The van der Waals surface area contributed by atoms with Crippen molar-refractivity contribution in [3.8, 4) is 35.5 Å². The summed E-state index contributed by atoms with van der Waals surface area (Å²) in [6, 6.07) is 128. The summed E-state index contributed by atoms with van der Waals surface area (Å²) in [5, 5.41) is 7.93. The summed E-state index contributed by atoms with van der Waals surface area (Å²) in [4.78, 5) is 0. The van der Waals surface area contributed by atoms with Gasteiger partial charge in [0.1, 0.15) is 16.2 Å². The van der Waals surface area contributed by atoms with Crippen molar-refractivity contribution in [3.63, 3.8) is 0 Å². The van der Waals surface area contributed by atoms with Crippen molar-refractivity contribution in [2.24, 2.45) is 5.41 Å². The maximum Gasteiger partial charge on any atom is 0.107 e. The van der Waals surface area contributed by atoms with Crippen LogP contribution in [0.15, 0.2) is 363 Å². The molecule has 0 spiro atoms. The third kappa shape index (κ3) is 9.98. The molecular weight excluding hydrogens is 1500 g/mol. The van der Waals surface area contributed by atoms with Gasteiger partial charge in [-0.15, -0.1) is 17.0 Å². The molecule has 125 heavy (non-hydrogen) atoms. The minimum atomic E-state index is -0.853. The zero-order valence-corrected chi connectivity index (χ0v) is 71.3. The lowest BCUT2D eigenvalue weighted by Gasteiger charge is -2.52. The monoisotopic (exact) mass is 1590 g/mol. The first-order chi connectivity index (χ1) is 61.1. The van der Waals surface area contributed by atoms with Gasteiger partial charge in [0, 0.05) is 70.1 Å². The number of benzene rings is 16. The van der Waals surface area contributed by atoms with Crippen molar-refractivity contribution in [1.29, 1.82) is 0 Å². The van der Waals surface area contributed by atoms with Crippen molar-refractivity contribution in [3.05, 3.63) is 552 Å². The van der Waals surface area contributed by atoms with Crippen LogP contribution in [0.5, 0.6) is 0 Å². The van der Waals surface area contributed by atoms with Gasteiger partial charge in [-0.05, 0) is 222 Å². The summed E-state index contributed by atoms with van der Waals surface area (Å²) in [5.74, 6) is 26.9. The molecule has 0 radical (unpaired) electrons. The van der Waals surface area contributed by atoms with E-state index >= 15 is 0 Å². The van der Waals surface area contributed by atoms with E-state index in [2.05, 4.69) is 460 Å². The van der Waals surface area contributed by atoms with Gasteiger partial charge in [0.25, 0.3) is 0 Å². The molecule has 0 saturated carbocycles. The maximum absolute atomic E-state index is 4.61. The zero-order chi connectivity index (χ0) is 83.8. The molecule has 0 fully saturated rings. The Morgan fingerprint density at radius 1 is 0.296 bits per heavy atom. The van der Waals surface area contributed by atoms with E-state index < -0.39 is 21.7 Å². The third-order valence-corrected chi connectivity index (χ3v) is 29.7. The lowest BCUT2D eigenvalue weighted by Crippen LogP contribution is -2.41. The van der Waals surface area contributed by atoms with Crippen LogP contribution in [-0.2, 0) is 27.1 Å². The van der Waals surface area contributed by atoms with E-state index in [1.165, 1.54) is 156 Å². The van der Waals surface area contributed by atoms with Crippen LogP contribution in [0.3, 0.4) is 0 Å². The van der Waals surface area contributed by atoms with Gasteiger partial charge >= 0.3 is 0 Å². The molecular formula is C125H86. The number of hydrogen-bond acceptors (Lipinski definition) is 0. The molecule has 0 aliphatic heterocycles. The Bertz CT molecular complexity index is 7470. The van der Waals surface area contributed by atoms with E-state index in [4.69, 9.17) is 0 Å². The second kappa shape index (κ2) is 26.4. The van der Waals surface area contributed by atoms with Gasteiger partial charge in [-0.25, -0.2) is 6.08 Å². The molecule has 0 aromatic heterocycles. The van der Waals surface area contributed by atoms with Crippen molar-refractivity contribution < 1.29 is 0 Å². The first-order valence-electron chi connectivity index (χ1n) is 44.4. The van der Waals surface area contributed by atoms with Gasteiger partial charge < -0.3 is 5.73 Å². The summed E-state index contributed by atoms with van der Waals surface area (Å²) in [6.45, 7) is 18.7. The smallest absolute Gasteiger partial charge is 0.107 e. The third-order valence-electron chi connectivity index (χ3n) is 29.7. The molecule has 586 valence electrons. The fourth-order valence-corrected chi connectivity index (χ4v) is 24.4. The fourth-order valence-electron chi connectivity index (χ4n) is 24.4. The summed E-state index contributed by atoms with van der Waals surface area (Å²) in [5.41, 5.74) is 43.0. The Morgan fingerprint density at radius 3 is 0.872 bits per heavy atom. The second-order valence-corrected chi connectivity index (χ2v) is 38.1. The zero-order valence-electron chi connectivity index (χ0n) is 71.3. The fraction of sp³-hybridized carbons (Fsp3) is 0.144. The lowest BCUT2D eigenvalue weighted by atomic mass is 9.53. The topological polar surface area (TPSA) is 0 Å². The molecule has 29 rings (SSSR count). The molecule has 16 aromatic rings. The first kappa shape index (κ1) is 73.1. The van der Waals surface area contributed by atoms with Gasteiger partial charge in [0.05, 0.1) is 34.8 Å². The predicted molar refractivity (Wildman–Crippen MR) is 509 cm³/mol. The standard InChI is InChI=1S/C125H86/c1-76-69-82(120(3,4)5)70-77(2)114(76)119-84-59-57-78(61-65-122-102-45-21-9-33-86(102)115(87-34-10-22-46-103(87)122)88-35-11-23-47-104(88)122)71-99(84)101(100-72-79(58-60-85(100)119)62-66-123-105-48-24-12-36-89(105)116(90-37-13-25-49-106(90)123)91-38-14-26-50-107(91)123)75-98-80(63-67-124-108-51-27-15-39-92(108)117(93-40-16-28-52-109(93)124)94-41-17-29-53-110(94)124)73-83(121(6,7)8)74-81(98)64-68-125-111-54-30-18-42-95(111)118(96-43-19-31-55-112(96)125)97-44-20-32-56-113(97)125/h9-60,69-74,115-118H,1-8H3. The lowest BCUT2D eigenvalue weighted by molar-refractivity contribution is 0.472. The van der Waals surface area contributed by atoms with Crippen LogP contribution in [0.25, 0.3) is 38.6 Å². The van der Waals surface area contributed by atoms with Crippen LogP contribution >= 0.6 is 0 Å². The van der Waals surface area contributed by atoms with Crippen molar-refractivity contribution in [2.75, 3.05) is 0 Å². The van der Waals surface area contributed by atoms with Gasteiger partial charge in [0.2, 0.25) is 0 Å². The number of hydrogen-bond donors (Lipinski definition) is 0. The van der Waals surface area contributed by atoms with Crippen LogP contribution in [0.1, 0.15) is 235 Å².